The number of benzene rings is 1. The molecule has 1 aliphatic heterocycles. The van der Waals surface area contributed by atoms with Crippen molar-refractivity contribution in [3.8, 4) is 5.75 Å². The fraction of sp³-hybridized carbons (Fsp3) is 0.600. The Balaban J connectivity index is 1.88. The minimum absolute atomic E-state index is 0.336. The molecule has 2 atom stereocenters. The van der Waals surface area contributed by atoms with Crippen LogP contribution in [0.2, 0.25) is 0 Å². The van der Waals surface area contributed by atoms with Crippen LogP contribution in [0.25, 0.3) is 0 Å². The summed E-state index contributed by atoms with van der Waals surface area (Å²) in [5.74, 6) is 1.73. The summed E-state index contributed by atoms with van der Waals surface area (Å²) in [6, 6.07) is 8.58. The molecule has 1 heterocycles. The first kappa shape index (κ1) is 13.4. The van der Waals surface area contributed by atoms with Crippen LogP contribution in [-0.2, 0) is 0 Å². The largest absolute Gasteiger partial charge is 0.496 e. The topological polar surface area (TPSA) is 33.3 Å². The van der Waals surface area contributed by atoms with Crippen molar-refractivity contribution in [3.05, 3.63) is 29.8 Å². The summed E-state index contributed by atoms with van der Waals surface area (Å²) in [7, 11) is 1.73. The quantitative estimate of drug-likeness (QED) is 0.839. The molecule has 0 aromatic heterocycles. The van der Waals surface area contributed by atoms with E-state index in [1.807, 2.05) is 12.1 Å². The van der Waals surface area contributed by atoms with E-state index in [1.165, 1.54) is 24.9 Å². The molecule has 0 aliphatic carbocycles. The molecule has 0 saturated carbocycles. The number of piperidine rings is 1. The van der Waals surface area contributed by atoms with Gasteiger partial charge in [-0.15, -0.1) is 0 Å². The van der Waals surface area contributed by atoms with Crippen LogP contribution < -0.4 is 15.4 Å². The summed E-state index contributed by atoms with van der Waals surface area (Å²) in [4.78, 5) is 0. The Morgan fingerprint density at radius 2 is 2.28 bits per heavy atom. The van der Waals surface area contributed by atoms with Crippen LogP contribution in [0, 0.1) is 5.92 Å². The third-order valence-corrected chi connectivity index (χ3v) is 3.72. The highest BCUT2D eigenvalue weighted by Gasteiger charge is 2.15. The highest BCUT2D eigenvalue weighted by Crippen LogP contribution is 2.24. The Morgan fingerprint density at radius 1 is 1.44 bits per heavy atom. The fourth-order valence-corrected chi connectivity index (χ4v) is 2.58. The number of hydrogen-bond donors (Lipinski definition) is 2. The lowest BCUT2D eigenvalue weighted by molar-refractivity contribution is 0.344. The number of hydrogen-bond acceptors (Lipinski definition) is 3. The summed E-state index contributed by atoms with van der Waals surface area (Å²) in [5.41, 5.74) is 1.24. The Bertz CT molecular complexity index is 361. The van der Waals surface area contributed by atoms with Gasteiger partial charge in [0.15, 0.2) is 0 Å². The molecule has 2 rings (SSSR count). The van der Waals surface area contributed by atoms with E-state index >= 15 is 0 Å². The van der Waals surface area contributed by atoms with Crippen molar-refractivity contribution in [2.75, 3.05) is 26.7 Å². The minimum atomic E-state index is 0.336. The average molecular weight is 248 g/mol. The summed E-state index contributed by atoms with van der Waals surface area (Å²) in [5, 5.41) is 7.08. The first-order chi connectivity index (χ1) is 8.81. The number of ether oxygens (including phenoxy) is 1. The summed E-state index contributed by atoms with van der Waals surface area (Å²) in [6.45, 7) is 5.60. The maximum absolute atomic E-state index is 5.41. The molecule has 1 aromatic carbocycles. The Morgan fingerprint density at radius 3 is 3.00 bits per heavy atom. The summed E-state index contributed by atoms with van der Waals surface area (Å²) < 4.78 is 5.41. The molecule has 100 valence electrons. The van der Waals surface area contributed by atoms with Gasteiger partial charge in [0.1, 0.15) is 5.75 Å². The van der Waals surface area contributed by atoms with Crippen molar-refractivity contribution in [1.29, 1.82) is 0 Å². The number of rotatable bonds is 5. The van der Waals surface area contributed by atoms with E-state index in [0.29, 0.717) is 6.04 Å². The monoisotopic (exact) mass is 248 g/mol. The van der Waals surface area contributed by atoms with Crippen LogP contribution in [0.3, 0.4) is 0 Å². The Hall–Kier alpha value is -1.06. The van der Waals surface area contributed by atoms with E-state index in [2.05, 4.69) is 29.7 Å². The molecule has 3 heteroatoms. The molecule has 0 spiro atoms. The summed E-state index contributed by atoms with van der Waals surface area (Å²) in [6.07, 6.45) is 2.63. The van der Waals surface area contributed by atoms with Crippen molar-refractivity contribution in [2.24, 2.45) is 5.92 Å². The number of nitrogens with one attached hydrogen (secondary N) is 2. The zero-order chi connectivity index (χ0) is 12.8. The van der Waals surface area contributed by atoms with Gasteiger partial charge in [0.05, 0.1) is 7.11 Å². The molecule has 3 nitrogen and oxygen atoms in total. The molecule has 1 unspecified atom stereocenters. The van der Waals surface area contributed by atoms with Crippen molar-refractivity contribution in [1.82, 2.24) is 10.6 Å². The van der Waals surface area contributed by atoms with Crippen molar-refractivity contribution >= 4 is 0 Å². The van der Waals surface area contributed by atoms with Gasteiger partial charge >= 0.3 is 0 Å². The molecule has 0 radical (unpaired) electrons. The predicted octanol–water partition coefficient (Wildman–Crippen LogP) is 2.35. The van der Waals surface area contributed by atoms with Crippen LogP contribution in [0.5, 0.6) is 5.75 Å². The normalized spacial score (nSPS) is 21.6. The van der Waals surface area contributed by atoms with E-state index in [4.69, 9.17) is 4.74 Å². The highest BCUT2D eigenvalue weighted by atomic mass is 16.5. The smallest absolute Gasteiger partial charge is 0.123 e. The first-order valence-electron chi connectivity index (χ1n) is 6.88. The summed E-state index contributed by atoms with van der Waals surface area (Å²) >= 11 is 0. The van der Waals surface area contributed by atoms with Gasteiger partial charge in [-0.05, 0) is 51.4 Å². The zero-order valence-corrected chi connectivity index (χ0v) is 11.4. The zero-order valence-electron chi connectivity index (χ0n) is 11.4. The second kappa shape index (κ2) is 6.76. The lowest BCUT2D eigenvalue weighted by Crippen LogP contribution is -2.36. The van der Waals surface area contributed by atoms with E-state index < -0.39 is 0 Å². The van der Waals surface area contributed by atoms with Gasteiger partial charge in [-0.25, -0.2) is 0 Å². The van der Waals surface area contributed by atoms with Crippen LogP contribution in [-0.4, -0.2) is 26.7 Å². The highest BCUT2D eigenvalue weighted by molar-refractivity contribution is 5.35. The van der Waals surface area contributed by atoms with Crippen molar-refractivity contribution < 1.29 is 4.74 Å². The lowest BCUT2D eigenvalue weighted by atomic mass is 9.98. The lowest BCUT2D eigenvalue weighted by Gasteiger charge is -2.25. The molecule has 0 amide bonds. The van der Waals surface area contributed by atoms with Crippen LogP contribution in [0.15, 0.2) is 24.3 Å². The van der Waals surface area contributed by atoms with Crippen molar-refractivity contribution in [3.63, 3.8) is 0 Å². The average Bonchev–Trinajstić information content (AvgIpc) is 2.45. The van der Waals surface area contributed by atoms with Crippen LogP contribution in [0.1, 0.15) is 31.4 Å². The second-order valence-electron chi connectivity index (χ2n) is 5.08. The molecule has 1 fully saturated rings. The molecular formula is C15H24N2O. The van der Waals surface area contributed by atoms with Gasteiger partial charge in [0.2, 0.25) is 0 Å². The minimum Gasteiger partial charge on any atom is -0.496 e. The van der Waals surface area contributed by atoms with E-state index in [1.54, 1.807) is 7.11 Å². The number of para-hydroxylation sites is 1. The van der Waals surface area contributed by atoms with E-state index in [9.17, 15) is 0 Å². The molecule has 2 N–H and O–H groups in total. The maximum Gasteiger partial charge on any atom is 0.123 e. The van der Waals surface area contributed by atoms with Crippen LogP contribution >= 0.6 is 0 Å². The van der Waals surface area contributed by atoms with Gasteiger partial charge in [-0.3, -0.25) is 0 Å². The van der Waals surface area contributed by atoms with Gasteiger partial charge in [0.25, 0.3) is 0 Å². The molecule has 1 aliphatic rings. The van der Waals surface area contributed by atoms with E-state index in [0.717, 1.165) is 24.8 Å². The molecule has 18 heavy (non-hydrogen) atoms. The number of methoxy groups -OCH3 is 1. The molecule has 0 bridgehead atoms. The first-order valence-corrected chi connectivity index (χ1v) is 6.88. The third-order valence-electron chi connectivity index (χ3n) is 3.72. The van der Waals surface area contributed by atoms with Gasteiger partial charge in [0, 0.05) is 11.6 Å². The maximum atomic E-state index is 5.41. The Kier molecular flexibility index (Phi) is 5.02. The second-order valence-corrected chi connectivity index (χ2v) is 5.08. The standard InChI is InChI=1S/C15H24N2O/c1-12(14-7-3-4-8-15(14)18-2)17-11-13-6-5-9-16-10-13/h3-4,7-8,12-13,16-17H,5-6,9-11H2,1-2H3/t12-,13?/m1/s1. The van der Waals surface area contributed by atoms with Gasteiger partial charge < -0.3 is 15.4 Å². The van der Waals surface area contributed by atoms with Crippen molar-refractivity contribution in [2.45, 2.75) is 25.8 Å². The molecule has 1 aromatic rings. The predicted molar refractivity (Wildman–Crippen MR) is 75.0 cm³/mol. The van der Waals surface area contributed by atoms with Gasteiger partial charge in [-0.1, -0.05) is 18.2 Å². The SMILES string of the molecule is COc1ccccc1[C@@H](C)NCC1CCCNC1. The molecular weight excluding hydrogens is 224 g/mol. The van der Waals surface area contributed by atoms with Gasteiger partial charge in [-0.2, -0.15) is 0 Å². The Labute approximate surface area is 110 Å². The third kappa shape index (κ3) is 3.47. The van der Waals surface area contributed by atoms with E-state index in [-0.39, 0.29) is 0 Å². The fourth-order valence-electron chi connectivity index (χ4n) is 2.58. The molecule has 1 saturated heterocycles. The van der Waals surface area contributed by atoms with Crippen LogP contribution in [0.4, 0.5) is 0 Å².